The van der Waals surface area contributed by atoms with Gasteiger partial charge in [0.05, 0.1) is 18.8 Å². The second-order valence-electron chi connectivity index (χ2n) is 14.1. The van der Waals surface area contributed by atoms with Crippen LogP contribution in [0.25, 0.3) is 0 Å². The van der Waals surface area contributed by atoms with Crippen LogP contribution in [-0.2, 0) is 4.79 Å². The fourth-order valence-corrected chi connectivity index (χ4v) is 6.35. The van der Waals surface area contributed by atoms with Crippen LogP contribution in [0.2, 0.25) is 0 Å². The maximum absolute atomic E-state index is 12.2. The zero-order valence-electron chi connectivity index (χ0n) is 30.7. The van der Waals surface area contributed by atoms with E-state index < -0.39 is 12.1 Å². The molecule has 4 nitrogen and oxygen atoms in total. The average molecular weight is 636 g/mol. The minimum Gasteiger partial charge on any atom is -0.394 e. The van der Waals surface area contributed by atoms with Crippen LogP contribution in [0.5, 0.6) is 0 Å². The van der Waals surface area contributed by atoms with Gasteiger partial charge in [-0.2, -0.15) is 0 Å². The molecule has 268 valence electrons. The third kappa shape index (κ3) is 34.3. The molecule has 1 amide bonds. The van der Waals surface area contributed by atoms with Crippen molar-refractivity contribution in [2.24, 2.45) is 0 Å². The highest BCUT2D eigenvalue weighted by atomic mass is 16.3. The van der Waals surface area contributed by atoms with Gasteiger partial charge in [0, 0.05) is 6.42 Å². The summed E-state index contributed by atoms with van der Waals surface area (Å²) in [5, 5.41) is 22.8. The number of hydrogen-bond acceptors (Lipinski definition) is 3. The molecule has 0 heterocycles. The van der Waals surface area contributed by atoms with Crippen LogP contribution in [0.3, 0.4) is 0 Å². The molecule has 0 rings (SSSR count). The Morgan fingerprint density at radius 2 is 0.822 bits per heavy atom. The second kappa shape index (κ2) is 37.6. The van der Waals surface area contributed by atoms with E-state index >= 15 is 0 Å². The maximum Gasteiger partial charge on any atom is 0.220 e. The molecule has 0 aromatic carbocycles. The Balaban J connectivity index is 3.45. The predicted octanol–water partition coefficient (Wildman–Crippen LogP) is 12.3. The van der Waals surface area contributed by atoms with Crippen molar-refractivity contribution in [2.45, 2.75) is 238 Å². The molecule has 0 aliphatic heterocycles. The minimum absolute atomic E-state index is 0.0673. The largest absolute Gasteiger partial charge is 0.394 e. The highest BCUT2D eigenvalue weighted by Gasteiger charge is 2.17. The van der Waals surface area contributed by atoms with Gasteiger partial charge in [-0.3, -0.25) is 4.79 Å². The Hall–Kier alpha value is -0.870. The van der Waals surface area contributed by atoms with Gasteiger partial charge in [0.2, 0.25) is 5.91 Å². The van der Waals surface area contributed by atoms with Crippen LogP contribution in [0.4, 0.5) is 0 Å². The topological polar surface area (TPSA) is 69.6 Å². The fraction of sp³-hybridized carbons (Fsp3) is 0.927. The van der Waals surface area contributed by atoms with Crippen LogP contribution in [-0.4, -0.2) is 34.9 Å². The first kappa shape index (κ1) is 44.1. The predicted molar refractivity (Wildman–Crippen MR) is 198 cm³/mol. The first-order chi connectivity index (χ1) is 22.2. The maximum atomic E-state index is 12.2. The first-order valence-electron chi connectivity index (χ1n) is 20.4. The smallest absolute Gasteiger partial charge is 0.220 e. The molecular formula is C41H81NO3. The number of nitrogens with one attached hydrogen (secondary N) is 1. The van der Waals surface area contributed by atoms with Crippen molar-refractivity contribution in [1.82, 2.24) is 5.32 Å². The van der Waals surface area contributed by atoms with Crippen LogP contribution < -0.4 is 5.32 Å². The van der Waals surface area contributed by atoms with Gasteiger partial charge in [-0.25, -0.2) is 0 Å². The number of carbonyl (C=O) groups excluding carboxylic acids is 1. The van der Waals surface area contributed by atoms with Gasteiger partial charge in [0.15, 0.2) is 0 Å². The van der Waals surface area contributed by atoms with E-state index in [1.165, 1.54) is 180 Å². The molecule has 0 aliphatic rings. The number of unbranched alkanes of at least 4 members (excludes halogenated alkanes) is 30. The summed E-state index contributed by atoms with van der Waals surface area (Å²) in [5.41, 5.74) is 0. The van der Waals surface area contributed by atoms with Crippen molar-refractivity contribution in [3.8, 4) is 0 Å². The normalized spacial score (nSPS) is 13.1. The van der Waals surface area contributed by atoms with Crippen molar-refractivity contribution in [1.29, 1.82) is 0 Å². The Kier molecular flexibility index (Phi) is 36.9. The van der Waals surface area contributed by atoms with Crippen LogP contribution >= 0.6 is 0 Å². The van der Waals surface area contributed by atoms with Gasteiger partial charge in [0.1, 0.15) is 0 Å². The quantitative estimate of drug-likeness (QED) is 0.0470. The lowest BCUT2D eigenvalue weighted by Gasteiger charge is -2.20. The highest BCUT2D eigenvalue weighted by Crippen LogP contribution is 2.16. The van der Waals surface area contributed by atoms with Crippen molar-refractivity contribution in [3.63, 3.8) is 0 Å². The van der Waals surface area contributed by atoms with Gasteiger partial charge >= 0.3 is 0 Å². The summed E-state index contributed by atoms with van der Waals surface area (Å²) in [6.45, 7) is 4.28. The molecule has 0 spiro atoms. The number of allylic oxidation sites excluding steroid dienone is 1. The molecule has 2 atom stereocenters. The molecule has 0 fully saturated rings. The number of rotatable bonds is 37. The van der Waals surface area contributed by atoms with Crippen molar-refractivity contribution in [2.75, 3.05) is 6.61 Å². The number of aliphatic hydroxyl groups is 2. The van der Waals surface area contributed by atoms with E-state index in [-0.39, 0.29) is 12.5 Å². The molecule has 0 radical (unpaired) electrons. The van der Waals surface area contributed by atoms with E-state index in [2.05, 4.69) is 19.2 Å². The summed E-state index contributed by atoms with van der Waals surface area (Å²) in [6, 6.07) is -0.614. The van der Waals surface area contributed by atoms with E-state index in [0.717, 1.165) is 25.7 Å². The zero-order valence-corrected chi connectivity index (χ0v) is 30.7. The lowest BCUT2D eigenvalue weighted by Crippen LogP contribution is -2.45. The third-order valence-corrected chi connectivity index (χ3v) is 9.52. The van der Waals surface area contributed by atoms with Crippen LogP contribution in [0, 0.1) is 0 Å². The SMILES string of the molecule is CCCCCCCCCCCCCCCCCCCCCCCCC/C=C/C(O)C(CO)NC(=O)CCCCCCCCCC. The van der Waals surface area contributed by atoms with Gasteiger partial charge < -0.3 is 15.5 Å². The molecule has 0 aromatic heterocycles. The molecule has 0 aliphatic carbocycles. The molecule has 0 saturated heterocycles. The number of amides is 1. The Morgan fingerprint density at radius 3 is 1.16 bits per heavy atom. The molecule has 0 saturated carbocycles. The van der Waals surface area contributed by atoms with E-state index in [0.29, 0.717) is 6.42 Å². The van der Waals surface area contributed by atoms with Crippen molar-refractivity contribution in [3.05, 3.63) is 12.2 Å². The standard InChI is InChI=1S/C41H81NO3/c1-3-5-7-9-11-13-14-15-16-17-18-19-20-21-22-23-24-25-26-27-28-29-30-32-34-36-40(44)39(38-43)42-41(45)37-35-33-31-12-10-8-6-4-2/h34,36,39-40,43-44H,3-33,35,37-38H2,1-2H3,(H,42,45)/b36-34+. The van der Waals surface area contributed by atoms with Gasteiger partial charge in [0.25, 0.3) is 0 Å². The minimum atomic E-state index is -0.831. The van der Waals surface area contributed by atoms with Gasteiger partial charge in [-0.1, -0.05) is 212 Å². The molecule has 0 aromatic rings. The summed E-state index contributed by atoms with van der Waals surface area (Å²) in [4.78, 5) is 12.2. The Labute approximate surface area is 282 Å². The van der Waals surface area contributed by atoms with Crippen LogP contribution in [0.1, 0.15) is 226 Å². The van der Waals surface area contributed by atoms with E-state index in [9.17, 15) is 15.0 Å². The van der Waals surface area contributed by atoms with Gasteiger partial charge in [-0.05, 0) is 19.3 Å². The summed E-state index contributed by atoms with van der Waals surface area (Å²) in [5.74, 6) is -0.0673. The molecule has 45 heavy (non-hydrogen) atoms. The summed E-state index contributed by atoms with van der Waals surface area (Å²) in [7, 11) is 0. The number of aliphatic hydroxyl groups excluding tert-OH is 2. The summed E-state index contributed by atoms with van der Waals surface area (Å²) < 4.78 is 0. The van der Waals surface area contributed by atoms with Crippen LogP contribution in [0.15, 0.2) is 12.2 Å². The fourth-order valence-electron chi connectivity index (χ4n) is 6.35. The third-order valence-electron chi connectivity index (χ3n) is 9.52. The number of hydrogen-bond donors (Lipinski definition) is 3. The van der Waals surface area contributed by atoms with Crippen molar-refractivity contribution < 1.29 is 15.0 Å². The lowest BCUT2D eigenvalue weighted by molar-refractivity contribution is -0.123. The molecule has 0 bridgehead atoms. The van der Waals surface area contributed by atoms with E-state index in [4.69, 9.17) is 0 Å². The van der Waals surface area contributed by atoms with E-state index in [1.807, 2.05) is 6.08 Å². The average Bonchev–Trinajstić information content (AvgIpc) is 3.04. The lowest BCUT2D eigenvalue weighted by atomic mass is 10.0. The monoisotopic (exact) mass is 636 g/mol. The number of carbonyl (C=O) groups is 1. The summed E-state index contributed by atoms with van der Waals surface area (Å²) >= 11 is 0. The Bertz CT molecular complexity index is 608. The molecule has 3 N–H and O–H groups in total. The first-order valence-corrected chi connectivity index (χ1v) is 20.4. The molecule has 2 unspecified atom stereocenters. The van der Waals surface area contributed by atoms with Gasteiger partial charge in [-0.15, -0.1) is 0 Å². The molecular weight excluding hydrogens is 554 g/mol. The second-order valence-corrected chi connectivity index (χ2v) is 14.1. The Morgan fingerprint density at radius 1 is 0.511 bits per heavy atom. The van der Waals surface area contributed by atoms with Crippen molar-refractivity contribution >= 4 is 5.91 Å². The molecule has 4 heteroatoms. The summed E-state index contributed by atoms with van der Waals surface area (Å²) in [6.07, 6.45) is 46.2. The zero-order chi connectivity index (χ0) is 32.9. The highest BCUT2D eigenvalue weighted by molar-refractivity contribution is 5.76. The van der Waals surface area contributed by atoms with E-state index in [1.54, 1.807) is 6.08 Å².